The first-order chi connectivity index (χ1) is 11.1. The van der Waals surface area contributed by atoms with Gasteiger partial charge in [-0.15, -0.1) is 0 Å². The molecule has 136 valence electrons. The number of hydrogen-bond acceptors (Lipinski definition) is 3. The highest BCUT2D eigenvalue weighted by Gasteiger charge is 2.11. The quantitative estimate of drug-likeness (QED) is 0.301. The molecule has 4 nitrogen and oxygen atoms in total. The summed E-state index contributed by atoms with van der Waals surface area (Å²) in [6.07, 6.45) is 14.7. The van der Waals surface area contributed by atoms with E-state index in [-0.39, 0.29) is 18.5 Å². The number of rotatable bonds is 16. The minimum Gasteiger partial charge on any atom is -0.481 e. The van der Waals surface area contributed by atoms with E-state index in [1.807, 2.05) is 0 Å². The van der Waals surface area contributed by atoms with E-state index in [4.69, 9.17) is 9.84 Å². The zero-order valence-corrected chi connectivity index (χ0v) is 15.1. The Hall–Kier alpha value is -1.06. The lowest BCUT2D eigenvalue weighted by Crippen LogP contribution is -2.16. The van der Waals surface area contributed by atoms with E-state index in [1.54, 1.807) is 0 Å². The number of ether oxygens (including phenoxy) is 1. The highest BCUT2D eigenvalue weighted by molar-refractivity contribution is 5.66. The molecule has 0 amide bonds. The normalized spacial score (nSPS) is 12.1. The maximum atomic E-state index is 11.2. The molecule has 23 heavy (non-hydrogen) atoms. The molecular weight excluding hydrogens is 292 g/mol. The highest BCUT2D eigenvalue weighted by Crippen LogP contribution is 2.16. The third-order valence-electron chi connectivity index (χ3n) is 4.13. The van der Waals surface area contributed by atoms with Crippen molar-refractivity contribution < 1.29 is 19.4 Å². The molecule has 0 aromatic heterocycles. The molecule has 0 aromatic rings. The van der Waals surface area contributed by atoms with Crippen molar-refractivity contribution in [1.82, 2.24) is 0 Å². The van der Waals surface area contributed by atoms with Crippen LogP contribution in [0.4, 0.5) is 0 Å². The Labute approximate surface area is 142 Å². The van der Waals surface area contributed by atoms with Gasteiger partial charge >= 0.3 is 11.9 Å². The van der Waals surface area contributed by atoms with Crippen molar-refractivity contribution in [3.63, 3.8) is 0 Å². The van der Waals surface area contributed by atoms with Gasteiger partial charge in [-0.25, -0.2) is 0 Å². The Morgan fingerprint density at radius 3 is 1.78 bits per heavy atom. The molecule has 0 radical (unpaired) electrons. The fourth-order valence-corrected chi connectivity index (χ4v) is 2.83. The number of carboxylic acids is 1. The van der Waals surface area contributed by atoms with Crippen LogP contribution in [-0.2, 0) is 14.3 Å². The van der Waals surface area contributed by atoms with Crippen molar-refractivity contribution in [1.29, 1.82) is 0 Å². The van der Waals surface area contributed by atoms with Crippen LogP contribution in [-0.4, -0.2) is 23.1 Å². The van der Waals surface area contributed by atoms with Crippen LogP contribution >= 0.6 is 0 Å². The van der Waals surface area contributed by atoms with Gasteiger partial charge in [0.25, 0.3) is 0 Å². The number of carbonyl (C=O) groups excluding carboxylic acids is 1. The average Bonchev–Trinajstić information content (AvgIpc) is 2.48. The van der Waals surface area contributed by atoms with Crippen molar-refractivity contribution in [2.75, 3.05) is 0 Å². The maximum Gasteiger partial charge on any atom is 0.303 e. The van der Waals surface area contributed by atoms with Gasteiger partial charge in [0, 0.05) is 13.3 Å². The number of carbonyl (C=O) groups is 2. The second-order valence-corrected chi connectivity index (χ2v) is 6.49. The Morgan fingerprint density at radius 1 is 0.826 bits per heavy atom. The Kier molecular flexibility index (Phi) is 15.1. The van der Waals surface area contributed by atoms with Gasteiger partial charge in [-0.05, 0) is 32.1 Å². The Balaban J connectivity index is 3.66. The van der Waals surface area contributed by atoms with E-state index >= 15 is 0 Å². The van der Waals surface area contributed by atoms with Gasteiger partial charge in [-0.2, -0.15) is 0 Å². The van der Waals surface area contributed by atoms with E-state index in [0.717, 1.165) is 51.4 Å². The summed E-state index contributed by atoms with van der Waals surface area (Å²) in [4.78, 5) is 21.6. The molecule has 4 heteroatoms. The molecule has 0 aliphatic heterocycles. The standard InChI is InChI=1S/C19H36O4/c1-3-4-5-6-8-11-14-18(23-17(2)20)15-12-9-7-10-13-16-19(21)22/h18H,3-16H2,1-2H3,(H,21,22). The monoisotopic (exact) mass is 328 g/mol. The number of aliphatic carboxylic acids is 1. The minimum absolute atomic E-state index is 0.0673. The van der Waals surface area contributed by atoms with Crippen LogP contribution in [0.25, 0.3) is 0 Å². The summed E-state index contributed by atoms with van der Waals surface area (Å²) in [6, 6.07) is 0. The van der Waals surface area contributed by atoms with Crippen LogP contribution < -0.4 is 0 Å². The number of esters is 1. The van der Waals surface area contributed by atoms with Gasteiger partial charge in [-0.3, -0.25) is 9.59 Å². The van der Waals surface area contributed by atoms with Crippen LogP contribution in [0, 0.1) is 0 Å². The second kappa shape index (κ2) is 15.8. The number of hydrogen-bond donors (Lipinski definition) is 1. The maximum absolute atomic E-state index is 11.2. The van der Waals surface area contributed by atoms with Crippen LogP contribution in [0.15, 0.2) is 0 Å². The predicted octanol–water partition coefficient (Wildman–Crippen LogP) is 5.48. The van der Waals surface area contributed by atoms with Crippen molar-refractivity contribution in [2.45, 2.75) is 110 Å². The fraction of sp³-hybridized carbons (Fsp3) is 0.895. The lowest BCUT2D eigenvalue weighted by Gasteiger charge is -2.17. The molecule has 0 fully saturated rings. The van der Waals surface area contributed by atoms with Crippen molar-refractivity contribution >= 4 is 11.9 Å². The lowest BCUT2D eigenvalue weighted by molar-refractivity contribution is -0.147. The summed E-state index contributed by atoms with van der Waals surface area (Å²) < 4.78 is 5.42. The predicted molar refractivity (Wildman–Crippen MR) is 93.5 cm³/mol. The summed E-state index contributed by atoms with van der Waals surface area (Å²) in [5.74, 6) is -0.888. The van der Waals surface area contributed by atoms with Crippen molar-refractivity contribution in [2.24, 2.45) is 0 Å². The van der Waals surface area contributed by atoms with Gasteiger partial charge in [0.05, 0.1) is 0 Å². The van der Waals surface area contributed by atoms with Crippen LogP contribution in [0.1, 0.15) is 104 Å². The van der Waals surface area contributed by atoms with E-state index in [9.17, 15) is 9.59 Å². The molecule has 0 bridgehead atoms. The zero-order valence-electron chi connectivity index (χ0n) is 15.1. The van der Waals surface area contributed by atoms with E-state index < -0.39 is 5.97 Å². The summed E-state index contributed by atoms with van der Waals surface area (Å²) in [7, 11) is 0. The molecule has 0 rings (SSSR count). The fourth-order valence-electron chi connectivity index (χ4n) is 2.83. The first-order valence-electron chi connectivity index (χ1n) is 9.45. The third-order valence-corrected chi connectivity index (χ3v) is 4.13. The second-order valence-electron chi connectivity index (χ2n) is 6.49. The first-order valence-corrected chi connectivity index (χ1v) is 9.45. The van der Waals surface area contributed by atoms with Crippen LogP contribution in [0.2, 0.25) is 0 Å². The SMILES string of the molecule is CCCCCCCCC(CCCCCCCC(=O)O)OC(C)=O. The van der Waals surface area contributed by atoms with Gasteiger partial charge in [0.2, 0.25) is 0 Å². The molecule has 0 spiro atoms. The summed E-state index contributed by atoms with van der Waals surface area (Å²) in [5.41, 5.74) is 0. The summed E-state index contributed by atoms with van der Waals surface area (Å²) >= 11 is 0. The Morgan fingerprint density at radius 2 is 1.30 bits per heavy atom. The highest BCUT2D eigenvalue weighted by atomic mass is 16.5. The van der Waals surface area contributed by atoms with Gasteiger partial charge in [0.1, 0.15) is 6.10 Å². The van der Waals surface area contributed by atoms with E-state index in [0.29, 0.717) is 0 Å². The van der Waals surface area contributed by atoms with Gasteiger partial charge in [0.15, 0.2) is 0 Å². The summed E-state index contributed by atoms with van der Waals surface area (Å²) in [6.45, 7) is 3.71. The molecule has 0 aliphatic rings. The average molecular weight is 328 g/mol. The molecular formula is C19H36O4. The smallest absolute Gasteiger partial charge is 0.303 e. The van der Waals surface area contributed by atoms with E-state index in [2.05, 4.69) is 6.92 Å². The largest absolute Gasteiger partial charge is 0.481 e. The van der Waals surface area contributed by atoms with Gasteiger partial charge in [-0.1, -0.05) is 58.3 Å². The molecule has 1 N–H and O–H groups in total. The molecule has 0 heterocycles. The summed E-state index contributed by atoms with van der Waals surface area (Å²) in [5, 5.41) is 8.57. The molecule has 0 saturated carbocycles. The molecule has 0 saturated heterocycles. The zero-order chi connectivity index (χ0) is 17.3. The molecule has 0 aliphatic carbocycles. The lowest BCUT2D eigenvalue weighted by atomic mass is 10.0. The third kappa shape index (κ3) is 17.1. The van der Waals surface area contributed by atoms with Crippen LogP contribution in [0.5, 0.6) is 0 Å². The number of carboxylic acid groups (broad SMARTS) is 1. The molecule has 0 aromatic carbocycles. The van der Waals surface area contributed by atoms with Gasteiger partial charge < -0.3 is 9.84 Å². The topological polar surface area (TPSA) is 63.6 Å². The number of unbranched alkanes of at least 4 members (excludes halogenated alkanes) is 9. The minimum atomic E-state index is -0.709. The van der Waals surface area contributed by atoms with Crippen molar-refractivity contribution in [3.8, 4) is 0 Å². The van der Waals surface area contributed by atoms with Crippen molar-refractivity contribution in [3.05, 3.63) is 0 Å². The Bertz CT molecular complexity index is 302. The molecule has 1 unspecified atom stereocenters. The molecule has 1 atom stereocenters. The van der Waals surface area contributed by atoms with Crippen LogP contribution in [0.3, 0.4) is 0 Å². The van der Waals surface area contributed by atoms with E-state index in [1.165, 1.54) is 39.0 Å². The first kappa shape index (κ1) is 21.9.